The monoisotopic (exact) mass is 258 g/mol. The molecule has 6 heteroatoms. The number of hydrogen-bond donors (Lipinski definition) is 0. The number of ether oxygens (including phenoxy) is 1. The second kappa shape index (κ2) is 3.88. The van der Waals surface area contributed by atoms with Crippen LogP contribution in [0.1, 0.15) is 0 Å². The van der Waals surface area contributed by atoms with Crippen molar-refractivity contribution in [1.29, 1.82) is 0 Å². The van der Waals surface area contributed by atoms with E-state index in [-0.39, 0.29) is 21.4 Å². The highest BCUT2D eigenvalue weighted by Crippen LogP contribution is 2.33. The molecule has 4 nitrogen and oxygen atoms in total. The minimum absolute atomic E-state index is 0.0153. The maximum atomic E-state index is 11.5. The van der Waals surface area contributed by atoms with Crippen LogP contribution in [0.15, 0.2) is 33.9 Å². The first-order valence-corrected chi connectivity index (χ1v) is 5.00. The first-order chi connectivity index (χ1) is 7.50. The van der Waals surface area contributed by atoms with Crippen LogP contribution in [0.3, 0.4) is 0 Å². The topological polar surface area (TPSA) is 60.4 Å². The van der Waals surface area contributed by atoms with Gasteiger partial charge in [-0.1, -0.05) is 23.2 Å². The zero-order valence-corrected chi connectivity index (χ0v) is 9.21. The molecule has 0 bridgehead atoms. The molecule has 0 amide bonds. The molecule has 0 aromatic heterocycles. The Morgan fingerprint density at radius 1 is 1.12 bits per heavy atom. The SMILES string of the molecule is O=C1C=CC(=O)C(C2OC(=O)C(Cl)=C2Cl)=C1. The van der Waals surface area contributed by atoms with Gasteiger partial charge in [0.25, 0.3) is 0 Å². The molecule has 2 aliphatic rings. The summed E-state index contributed by atoms with van der Waals surface area (Å²) in [6, 6.07) is 0. The molecule has 0 aromatic rings. The Bertz CT molecular complexity index is 499. The predicted molar refractivity (Wildman–Crippen MR) is 55.8 cm³/mol. The van der Waals surface area contributed by atoms with Crippen LogP contribution in [0.5, 0.6) is 0 Å². The minimum Gasteiger partial charge on any atom is -0.447 e. The fourth-order valence-electron chi connectivity index (χ4n) is 1.35. The fraction of sp³-hybridized carbons (Fsp3) is 0.100. The average molecular weight is 259 g/mol. The maximum absolute atomic E-state index is 11.5. The summed E-state index contributed by atoms with van der Waals surface area (Å²) in [5, 5.41) is -0.336. The average Bonchev–Trinajstić information content (AvgIpc) is 2.50. The summed E-state index contributed by atoms with van der Waals surface area (Å²) in [6.07, 6.45) is 2.24. The lowest BCUT2D eigenvalue weighted by Gasteiger charge is -2.13. The lowest BCUT2D eigenvalue weighted by atomic mass is 9.98. The highest BCUT2D eigenvalue weighted by Gasteiger charge is 2.37. The number of carbonyl (C=O) groups excluding carboxylic acids is 3. The van der Waals surface area contributed by atoms with Crippen molar-refractivity contribution in [3.8, 4) is 0 Å². The van der Waals surface area contributed by atoms with Crippen LogP contribution in [0.2, 0.25) is 0 Å². The van der Waals surface area contributed by atoms with Crippen molar-refractivity contribution >= 4 is 40.7 Å². The van der Waals surface area contributed by atoms with E-state index < -0.39 is 17.9 Å². The van der Waals surface area contributed by atoms with Gasteiger partial charge < -0.3 is 4.74 Å². The summed E-state index contributed by atoms with van der Waals surface area (Å²) < 4.78 is 4.79. The number of carbonyl (C=O) groups is 3. The molecule has 1 aliphatic heterocycles. The number of esters is 1. The van der Waals surface area contributed by atoms with Crippen molar-refractivity contribution < 1.29 is 19.1 Å². The van der Waals surface area contributed by atoms with E-state index in [9.17, 15) is 14.4 Å². The van der Waals surface area contributed by atoms with Gasteiger partial charge in [-0.15, -0.1) is 0 Å². The first kappa shape index (κ1) is 11.1. The van der Waals surface area contributed by atoms with Crippen LogP contribution in [-0.4, -0.2) is 23.6 Å². The van der Waals surface area contributed by atoms with E-state index >= 15 is 0 Å². The van der Waals surface area contributed by atoms with E-state index in [1.807, 2.05) is 0 Å². The van der Waals surface area contributed by atoms with Crippen molar-refractivity contribution in [3.05, 3.63) is 33.9 Å². The molecule has 0 saturated heterocycles. The van der Waals surface area contributed by atoms with Crippen molar-refractivity contribution in [1.82, 2.24) is 0 Å². The fourth-order valence-corrected chi connectivity index (χ4v) is 1.74. The molecule has 0 radical (unpaired) electrons. The van der Waals surface area contributed by atoms with Crippen LogP contribution < -0.4 is 0 Å². The minimum atomic E-state index is -1.07. The molecule has 1 aliphatic carbocycles. The second-order valence-corrected chi connectivity index (χ2v) is 3.93. The Morgan fingerprint density at radius 2 is 1.81 bits per heavy atom. The zero-order valence-electron chi connectivity index (χ0n) is 7.70. The highest BCUT2D eigenvalue weighted by atomic mass is 35.5. The van der Waals surface area contributed by atoms with Gasteiger partial charge in [-0.25, -0.2) is 4.79 Å². The Labute approximate surface area is 100 Å². The molecule has 1 heterocycles. The van der Waals surface area contributed by atoms with Crippen molar-refractivity contribution in [2.45, 2.75) is 6.10 Å². The van der Waals surface area contributed by atoms with Gasteiger partial charge in [-0.3, -0.25) is 9.59 Å². The molecular formula is C10H4Cl2O4. The first-order valence-electron chi connectivity index (χ1n) is 4.25. The Kier molecular flexibility index (Phi) is 2.69. The molecule has 82 valence electrons. The van der Waals surface area contributed by atoms with Gasteiger partial charge in [0, 0.05) is 5.57 Å². The molecule has 1 atom stereocenters. The van der Waals surface area contributed by atoms with Gasteiger partial charge >= 0.3 is 5.97 Å². The number of rotatable bonds is 1. The molecule has 0 N–H and O–H groups in total. The number of cyclic esters (lactones) is 1. The molecule has 0 aromatic carbocycles. The summed E-state index contributed by atoms with van der Waals surface area (Å²) in [5.41, 5.74) is 0.0153. The summed E-state index contributed by atoms with van der Waals surface area (Å²) in [6.45, 7) is 0. The van der Waals surface area contributed by atoms with E-state index in [4.69, 9.17) is 27.9 Å². The smallest absolute Gasteiger partial charge is 0.352 e. The van der Waals surface area contributed by atoms with Crippen molar-refractivity contribution in [2.75, 3.05) is 0 Å². The molecule has 0 fully saturated rings. The Balaban J connectivity index is 2.38. The van der Waals surface area contributed by atoms with Crippen molar-refractivity contribution in [2.24, 2.45) is 0 Å². The van der Waals surface area contributed by atoms with Crippen LogP contribution in [-0.2, 0) is 19.1 Å². The third-order valence-corrected chi connectivity index (χ3v) is 2.95. The highest BCUT2D eigenvalue weighted by molar-refractivity contribution is 6.49. The van der Waals surface area contributed by atoms with Crippen LogP contribution in [0.25, 0.3) is 0 Å². The van der Waals surface area contributed by atoms with Gasteiger partial charge in [-0.05, 0) is 18.2 Å². The van der Waals surface area contributed by atoms with Crippen LogP contribution in [0.4, 0.5) is 0 Å². The third kappa shape index (κ3) is 1.70. The molecule has 0 saturated carbocycles. The van der Waals surface area contributed by atoms with E-state index in [1.54, 1.807) is 0 Å². The maximum Gasteiger partial charge on any atom is 0.352 e. The summed E-state index contributed by atoms with van der Waals surface area (Å²) in [5.74, 6) is -1.59. The zero-order chi connectivity index (χ0) is 11.9. The predicted octanol–water partition coefficient (Wildman–Crippen LogP) is 1.24. The van der Waals surface area contributed by atoms with Crippen LogP contribution in [0, 0.1) is 0 Å². The molecule has 2 rings (SSSR count). The summed E-state index contributed by atoms with van der Waals surface area (Å²) in [4.78, 5) is 33.6. The quantitative estimate of drug-likeness (QED) is 0.525. The molecule has 1 unspecified atom stereocenters. The van der Waals surface area contributed by atoms with Gasteiger partial charge in [0.15, 0.2) is 17.7 Å². The summed E-state index contributed by atoms with van der Waals surface area (Å²) >= 11 is 11.3. The largest absolute Gasteiger partial charge is 0.447 e. The van der Waals surface area contributed by atoms with Gasteiger partial charge in [0.1, 0.15) is 5.03 Å². The normalized spacial score (nSPS) is 25.0. The number of allylic oxidation sites excluding steroid dienone is 3. The number of halogens is 2. The van der Waals surface area contributed by atoms with E-state index in [0.29, 0.717) is 0 Å². The molecular weight excluding hydrogens is 255 g/mol. The van der Waals surface area contributed by atoms with E-state index in [0.717, 1.165) is 18.2 Å². The Morgan fingerprint density at radius 3 is 2.38 bits per heavy atom. The second-order valence-electron chi connectivity index (χ2n) is 3.15. The Hall–Kier alpha value is -1.39. The van der Waals surface area contributed by atoms with Gasteiger partial charge in [-0.2, -0.15) is 0 Å². The lowest BCUT2D eigenvalue weighted by Crippen LogP contribution is -2.22. The van der Waals surface area contributed by atoms with E-state index in [2.05, 4.69) is 0 Å². The lowest BCUT2D eigenvalue weighted by molar-refractivity contribution is -0.138. The standard InChI is InChI=1S/C10H4Cl2O4/c11-7-8(12)10(15)16-9(7)5-3-4(13)1-2-6(5)14/h1-3,9H. The number of hydrogen-bond acceptors (Lipinski definition) is 4. The van der Waals surface area contributed by atoms with Crippen LogP contribution >= 0.6 is 23.2 Å². The number of ketones is 2. The van der Waals surface area contributed by atoms with Gasteiger partial charge in [0.2, 0.25) is 0 Å². The van der Waals surface area contributed by atoms with E-state index in [1.165, 1.54) is 0 Å². The summed E-state index contributed by atoms with van der Waals surface area (Å²) in [7, 11) is 0. The third-order valence-electron chi connectivity index (χ3n) is 2.11. The van der Waals surface area contributed by atoms with Gasteiger partial charge in [0.05, 0.1) is 5.03 Å². The molecule has 16 heavy (non-hydrogen) atoms. The van der Waals surface area contributed by atoms with Crippen molar-refractivity contribution in [3.63, 3.8) is 0 Å². The molecule has 0 spiro atoms.